The predicted molar refractivity (Wildman–Crippen MR) is 95.7 cm³/mol. The zero-order valence-corrected chi connectivity index (χ0v) is 15.0. The lowest BCUT2D eigenvalue weighted by molar-refractivity contribution is -0.384. The highest BCUT2D eigenvalue weighted by molar-refractivity contribution is 5.98. The maximum atomic E-state index is 12.4. The molecule has 0 saturated carbocycles. The summed E-state index contributed by atoms with van der Waals surface area (Å²) < 4.78 is 20.6. The van der Waals surface area contributed by atoms with Gasteiger partial charge in [-0.05, 0) is 31.2 Å². The number of amides is 1. The van der Waals surface area contributed by atoms with Gasteiger partial charge in [0.2, 0.25) is 6.79 Å². The van der Waals surface area contributed by atoms with Gasteiger partial charge in [-0.25, -0.2) is 4.79 Å². The van der Waals surface area contributed by atoms with Crippen molar-refractivity contribution in [2.45, 2.75) is 13.0 Å². The molecule has 2 aromatic carbocycles. The second kappa shape index (κ2) is 7.82. The molecule has 1 heterocycles. The molecule has 0 spiro atoms. The summed E-state index contributed by atoms with van der Waals surface area (Å²) in [5.74, 6) is -0.249. The van der Waals surface area contributed by atoms with Gasteiger partial charge < -0.3 is 24.3 Å². The van der Waals surface area contributed by atoms with E-state index in [1.165, 1.54) is 38.3 Å². The number of hydrogen-bond acceptors (Lipinski definition) is 8. The van der Waals surface area contributed by atoms with Crippen LogP contribution in [-0.2, 0) is 9.53 Å². The Morgan fingerprint density at radius 2 is 1.93 bits per heavy atom. The minimum atomic E-state index is -1.16. The molecule has 10 heteroatoms. The number of hydrogen-bond donors (Lipinski definition) is 1. The van der Waals surface area contributed by atoms with Gasteiger partial charge in [0, 0.05) is 12.1 Å². The monoisotopic (exact) mass is 388 g/mol. The summed E-state index contributed by atoms with van der Waals surface area (Å²) in [6.45, 7) is 1.45. The normalized spacial score (nSPS) is 12.8. The van der Waals surface area contributed by atoms with Crippen LogP contribution >= 0.6 is 0 Å². The van der Waals surface area contributed by atoms with E-state index in [1.54, 1.807) is 6.07 Å². The van der Waals surface area contributed by atoms with Crippen LogP contribution in [-0.4, -0.2) is 36.8 Å². The van der Waals surface area contributed by atoms with Gasteiger partial charge in [0.25, 0.3) is 11.6 Å². The second-order valence-electron chi connectivity index (χ2n) is 5.75. The molecule has 0 aromatic heterocycles. The number of esters is 1. The number of carbonyl (C=O) groups is 2. The van der Waals surface area contributed by atoms with Crippen LogP contribution in [0.5, 0.6) is 17.2 Å². The fraction of sp³-hybridized carbons (Fsp3) is 0.222. The quantitative estimate of drug-likeness (QED) is 0.454. The molecule has 0 bridgehead atoms. The van der Waals surface area contributed by atoms with Crippen LogP contribution in [0.2, 0.25) is 0 Å². The Balaban J connectivity index is 1.68. The number of nitro groups is 1. The summed E-state index contributed by atoms with van der Waals surface area (Å²) in [5.41, 5.74) is 0.0608. The van der Waals surface area contributed by atoms with Crippen LogP contribution in [0, 0.1) is 10.1 Å². The van der Waals surface area contributed by atoms with Crippen molar-refractivity contribution in [2.24, 2.45) is 0 Å². The number of methoxy groups -OCH3 is 1. The van der Waals surface area contributed by atoms with Gasteiger partial charge in [-0.1, -0.05) is 0 Å². The number of benzene rings is 2. The highest BCUT2D eigenvalue weighted by Crippen LogP contribution is 2.33. The van der Waals surface area contributed by atoms with Crippen LogP contribution in [0.3, 0.4) is 0 Å². The maximum absolute atomic E-state index is 12.4. The molecule has 0 saturated heterocycles. The molecule has 10 nitrogen and oxygen atoms in total. The van der Waals surface area contributed by atoms with Gasteiger partial charge in [0.05, 0.1) is 23.3 Å². The third kappa shape index (κ3) is 3.95. The Labute approximate surface area is 159 Å². The first kappa shape index (κ1) is 19.0. The molecular weight excluding hydrogens is 372 g/mol. The molecule has 146 valence electrons. The van der Waals surface area contributed by atoms with E-state index in [2.05, 4.69) is 5.32 Å². The lowest BCUT2D eigenvalue weighted by Gasteiger charge is -2.15. The fourth-order valence-electron chi connectivity index (χ4n) is 2.45. The van der Waals surface area contributed by atoms with Gasteiger partial charge in [-0.15, -0.1) is 0 Å². The summed E-state index contributed by atoms with van der Waals surface area (Å²) >= 11 is 0. The number of anilines is 1. The minimum absolute atomic E-state index is 0.0672. The number of rotatable bonds is 6. The van der Waals surface area contributed by atoms with E-state index in [-0.39, 0.29) is 29.5 Å². The Morgan fingerprint density at radius 3 is 2.64 bits per heavy atom. The lowest BCUT2D eigenvalue weighted by Crippen LogP contribution is -2.30. The molecule has 1 aliphatic heterocycles. The van der Waals surface area contributed by atoms with Gasteiger partial charge in [-0.2, -0.15) is 0 Å². The van der Waals surface area contributed by atoms with Crippen molar-refractivity contribution in [2.75, 3.05) is 19.2 Å². The smallest absolute Gasteiger partial charge is 0.339 e. The van der Waals surface area contributed by atoms with Crippen molar-refractivity contribution < 1.29 is 33.5 Å². The molecule has 1 amide bonds. The third-order valence-electron chi connectivity index (χ3n) is 3.91. The van der Waals surface area contributed by atoms with Crippen LogP contribution in [0.15, 0.2) is 36.4 Å². The van der Waals surface area contributed by atoms with Crippen LogP contribution in [0.25, 0.3) is 0 Å². The Bertz CT molecular complexity index is 943. The molecule has 1 aliphatic rings. The van der Waals surface area contributed by atoms with Crippen molar-refractivity contribution in [3.8, 4) is 17.2 Å². The second-order valence-corrected chi connectivity index (χ2v) is 5.75. The molecule has 0 aliphatic carbocycles. The van der Waals surface area contributed by atoms with E-state index < -0.39 is 22.9 Å². The predicted octanol–water partition coefficient (Wildman–Crippen LogP) is 2.52. The van der Waals surface area contributed by atoms with Crippen molar-refractivity contribution in [3.63, 3.8) is 0 Å². The molecule has 2 aromatic rings. The number of fused-ring (bicyclic) bond motifs is 1. The summed E-state index contributed by atoms with van der Waals surface area (Å²) in [5, 5.41) is 13.4. The molecular formula is C18H16N2O8. The maximum Gasteiger partial charge on any atom is 0.339 e. The fourth-order valence-corrected chi connectivity index (χ4v) is 2.45. The van der Waals surface area contributed by atoms with Crippen LogP contribution in [0.4, 0.5) is 11.4 Å². The number of nitro benzene ring substituents is 1. The van der Waals surface area contributed by atoms with E-state index in [0.29, 0.717) is 11.5 Å². The molecule has 0 radical (unpaired) electrons. The molecule has 1 atom stereocenters. The Kier molecular flexibility index (Phi) is 5.30. The first-order valence-electron chi connectivity index (χ1n) is 8.13. The van der Waals surface area contributed by atoms with E-state index in [1.807, 2.05) is 0 Å². The average Bonchev–Trinajstić information content (AvgIpc) is 3.15. The minimum Gasteiger partial charge on any atom is -0.495 e. The first-order valence-corrected chi connectivity index (χ1v) is 8.13. The molecule has 1 N–H and O–H groups in total. The SMILES string of the molecule is COc1ccc([N+](=O)[O-])cc1NC(=O)C(C)OC(=O)c1ccc2c(c1)OCO2. The van der Waals surface area contributed by atoms with Crippen molar-refractivity contribution >= 4 is 23.3 Å². The highest BCUT2D eigenvalue weighted by Gasteiger charge is 2.23. The average molecular weight is 388 g/mol. The van der Waals surface area contributed by atoms with Gasteiger partial charge >= 0.3 is 5.97 Å². The molecule has 28 heavy (non-hydrogen) atoms. The first-order chi connectivity index (χ1) is 13.4. The lowest BCUT2D eigenvalue weighted by atomic mass is 10.2. The standard InChI is InChI=1S/C18H16N2O8/c1-10(28-18(22)11-3-5-15-16(7-11)27-9-26-15)17(21)19-13-8-12(20(23)24)4-6-14(13)25-2/h3-8,10H,9H2,1-2H3,(H,19,21). The highest BCUT2D eigenvalue weighted by atomic mass is 16.7. The number of carbonyl (C=O) groups excluding carboxylic acids is 2. The summed E-state index contributed by atoms with van der Waals surface area (Å²) in [6.07, 6.45) is -1.16. The van der Waals surface area contributed by atoms with E-state index >= 15 is 0 Å². The van der Waals surface area contributed by atoms with Crippen LogP contribution < -0.4 is 19.5 Å². The zero-order valence-electron chi connectivity index (χ0n) is 15.0. The molecule has 0 fully saturated rings. The topological polar surface area (TPSA) is 126 Å². The molecule has 1 unspecified atom stereocenters. The number of nitrogens with one attached hydrogen (secondary N) is 1. The van der Waals surface area contributed by atoms with E-state index in [4.69, 9.17) is 18.9 Å². The molecule has 3 rings (SSSR count). The Morgan fingerprint density at radius 1 is 1.18 bits per heavy atom. The van der Waals surface area contributed by atoms with Crippen molar-refractivity contribution in [3.05, 3.63) is 52.1 Å². The van der Waals surface area contributed by atoms with Crippen molar-refractivity contribution in [1.29, 1.82) is 0 Å². The van der Waals surface area contributed by atoms with Gasteiger partial charge in [0.1, 0.15) is 5.75 Å². The number of nitrogens with zero attached hydrogens (tertiary/aromatic N) is 1. The summed E-state index contributed by atoms with van der Waals surface area (Å²) in [6, 6.07) is 8.28. The largest absolute Gasteiger partial charge is 0.495 e. The number of non-ortho nitro benzene ring substituents is 1. The Hall–Kier alpha value is -3.82. The third-order valence-corrected chi connectivity index (χ3v) is 3.91. The van der Waals surface area contributed by atoms with Crippen molar-refractivity contribution in [1.82, 2.24) is 0 Å². The van der Waals surface area contributed by atoms with Crippen LogP contribution in [0.1, 0.15) is 17.3 Å². The zero-order chi connectivity index (χ0) is 20.3. The van der Waals surface area contributed by atoms with E-state index in [0.717, 1.165) is 6.07 Å². The summed E-state index contributed by atoms with van der Waals surface area (Å²) in [4.78, 5) is 34.9. The van der Waals surface area contributed by atoms with Gasteiger partial charge in [-0.3, -0.25) is 14.9 Å². The number of ether oxygens (including phenoxy) is 4. The summed E-state index contributed by atoms with van der Waals surface area (Å²) in [7, 11) is 1.36. The van der Waals surface area contributed by atoms with Gasteiger partial charge in [0.15, 0.2) is 17.6 Å². The van der Waals surface area contributed by atoms with E-state index in [9.17, 15) is 19.7 Å².